The highest BCUT2D eigenvalue weighted by molar-refractivity contribution is 5.81. The molecule has 0 radical (unpaired) electrons. The van der Waals surface area contributed by atoms with Gasteiger partial charge in [-0.25, -0.2) is 0 Å². The van der Waals surface area contributed by atoms with Crippen molar-refractivity contribution in [3.05, 3.63) is 23.8 Å². The number of rotatable bonds is 5. The largest absolute Gasteiger partial charge is 0.496 e. The first-order valence-electron chi connectivity index (χ1n) is 5.78. The van der Waals surface area contributed by atoms with Crippen molar-refractivity contribution in [2.45, 2.75) is 13.0 Å². The Morgan fingerprint density at radius 3 is 2.72 bits per heavy atom. The van der Waals surface area contributed by atoms with E-state index in [-0.39, 0.29) is 12.5 Å². The molecule has 1 rings (SSSR count). The van der Waals surface area contributed by atoms with Crippen LogP contribution in [0.5, 0.6) is 5.75 Å². The Labute approximate surface area is 107 Å². The summed E-state index contributed by atoms with van der Waals surface area (Å²) in [5.74, 6) is 0.531. The zero-order valence-corrected chi connectivity index (χ0v) is 11.2. The highest BCUT2D eigenvalue weighted by Crippen LogP contribution is 2.33. The number of aliphatic hydroxyl groups is 1. The average molecular weight is 252 g/mol. The molecule has 0 spiro atoms. The van der Waals surface area contributed by atoms with Gasteiger partial charge in [-0.2, -0.15) is 0 Å². The van der Waals surface area contributed by atoms with Gasteiger partial charge in [0.15, 0.2) is 0 Å². The maximum absolute atomic E-state index is 11.4. The molecule has 18 heavy (non-hydrogen) atoms. The summed E-state index contributed by atoms with van der Waals surface area (Å²) in [6.07, 6.45) is -0.664. The van der Waals surface area contributed by atoms with E-state index in [0.717, 1.165) is 5.69 Å². The van der Waals surface area contributed by atoms with Crippen molar-refractivity contribution in [2.75, 3.05) is 32.6 Å². The zero-order valence-electron chi connectivity index (χ0n) is 11.2. The third-order valence-electron chi connectivity index (χ3n) is 2.75. The molecule has 0 fully saturated rings. The Hall–Kier alpha value is -1.75. The molecule has 1 aromatic carbocycles. The number of nitrogens with zero attached hydrogens (tertiary/aromatic N) is 1. The van der Waals surface area contributed by atoms with E-state index in [9.17, 15) is 9.90 Å². The number of hydrogen-bond acceptors (Lipinski definition) is 4. The number of carbonyl (C=O) groups is 1. The Balaban J connectivity index is 3.11. The van der Waals surface area contributed by atoms with Gasteiger partial charge in [-0.15, -0.1) is 0 Å². The molecule has 5 heteroatoms. The van der Waals surface area contributed by atoms with Crippen LogP contribution >= 0.6 is 0 Å². The molecule has 1 atom stereocenters. The van der Waals surface area contributed by atoms with Crippen LogP contribution in [0, 0.1) is 0 Å². The number of hydrogen-bond donors (Lipinski definition) is 2. The number of methoxy groups -OCH3 is 1. The van der Waals surface area contributed by atoms with Crippen molar-refractivity contribution < 1.29 is 14.6 Å². The van der Waals surface area contributed by atoms with Gasteiger partial charge < -0.3 is 20.1 Å². The van der Waals surface area contributed by atoms with E-state index < -0.39 is 6.10 Å². The van der Waals surface area contributed by atoms with E-state index in [1.165, 1.54) is 0 Å². The van der Waals surface area contributed by atoms with Gasteiger partial charge in [0.2, 0.25) is 5.91 Å². The fourth-order valence-corrected chi connectivity index (χ4v) is 1.84. The lowest BCUT2D eigenvalue weighted by Gasteiger charge is -2.24. The highest BCUT2D eigenvalue weighted by Gasteiger charge is 2.17. The van der Waals surface area contributed by atoms with E-state index in [4.69, 9.17) is 4.74 Å². The van der Waals surface area contributed by atoms with Crippen LogP contribution in [-0.2, 0) is 4.79 Å². The number of nitrogens with one attached hydrogen (secondary N) is 1. The first kappa shape index (κ1) is 14.3. The summed E-state index contributed by atoms with van der Waals surface area (Å²) in [5, 5.41) is 12.4. The Morgan fingerprint density at radius 2 is 2.22 bits per heavy atom. The fraction of sp³-hybridized carbons (Fsp3) is 0.462. The first-order chi connectivity index (χ1) is 8.51. The predicted octanol–water partition coefficient (Wildman–Crippen LogP) is 0.931. The number of benzene rings is 1. The molecule has 2 N–H and O–H groups in total. The molecule has 1 amide bonds. The van der Waals surface area contributed by atoms with E-state index in [2.05, 4.69) is 5.32 Å². The van der Waals surface area contributed by atoms with E-state index >= 15 is 0 Å². The molecule has 0 aliphatic rings. The quantitative estimate of drug-likeness (QED) is 0.818. The highest BCUT2D eigenvalue weighted by atomic mass is 16.5. The minimum atomic E-state index is -0.664. The lowest BCUT2D eigenvalue weighted by Crippen LogP contribution is -2.33. The van der Waals surface area contributed by atoms with Gasteiger partial charge in [0.25, 0.3) is 0 Å². The van der Waals surface area contributed by atoms with Crippen molar-refractivity contribution in [1.29, 1.82) is 0 Å². The number of ether oxygens (including phenoxy) is 1. The lowest BCUT2D eigenvalue weighted by atomic mass is 10.1. The Kier molecular flexibility index (Phi) is 4.97. The minimum Gasteiger partial charge on any atom is -0.496 e. The second kappa shape index (κ2) is 6.26. The van der Waals surface area contributed by atoms with Gasteiger partial charge in [-0.05, 0) is 19.1 Å². The molecular formula is C13H20N2O3. The SMILES string of the molecule is CNC(=O)CN(C)c1cccc(OC)c1[C@H](C)O. The normalized spacial score (nSPS) is 11.8. The van der Waals surface area contributed by atoms with E-state index in [0.29, 0.717) is 11.3 Å². The van der Waals surface area contributed by atoms with Crippen molar-refractivity contribution in [3.63, 3.8) is 0 Å². The van der Waals surface area contributed by atoms with Gasteiger partial charge in [0.1, 0.15) is 5.75 Å². The molecule has 0 aromatic heterocycles. The molecule has 0 aliphatic heterocycles. The second-order valence-corrected chi connectivity index (χ2v) is 4.10. The van der Waals surface area contributed by atoms with Gasteiger partial charge >= 0.3 is 0 Å². The topological polar surface area (TPSA) is 61.8 Å². The summed E-state index contributed by atoms with van der Waals surface area (Å²) in [7, 11) is 4.96. The van der Waals surface area contributed by atoms with Crippen LogP contribution < -0.4 is 15.0 Å². The Bertz CT molecular complexity index is 419. The van der Waals surface area contributed by atoms with Crippen LogP contribution in [0.1, 0.15) is 18.6 Å². The van der Waals surface area contributed by atoms with Crippen LogP contribution in [-0.4, -0.2) is 38.8 Å². The van der Waals surface area contributed by atoms with Gasteiger partial charge in [-0.1, -0.05) is 6.07 Å². The summed E-state index contributed by atoms with van der Waals surface area (Å²) in [6.45, 7) is 1.90. The first-order valence-corrected chi connectivity index (χ1v) is 5.78. The summed E-state index contributed by atoms with van der Waals surface area (Å²) >= 11 is 0. The van der Waals surface area contributed by atoms with Gasteiger partial charge in [-0.3, -0.25) is 4.79 Å². The number of carbonyl (C=O) groups excluding carboxylic acids is 1. The summed E-state index contributed by atoms with van der Waals surface area (Å²) < 4.78 is 5.24. The molecule has 1 aromatic rings. The molecule has 0 bridgehead atoms. The molecule has 0 unspecified atom stereocenters. The molecule has 100 valence electrons. The fourth-order valence-electron chi connectivity index (χ4n) is 1.84. The molecule has 0 aliphatic carbocycles. The van der Waals surface area contributed by atoms with Crippen LogP contribution in [0.15, 0.2) is 18.2 Å². The van der Waals surface area contributed by atoms with E-state index in [1.807, 2.05) is 12.1 Å². The monoisotopic (exact) mass is 252 g/mol. The zero-order chi connectivity index (χ0) is 13.7. The molecule has 0 saturated carbocycles. The second-order valence-electron chi connectivity index (χ2n) is 4.10. The van der Waals surface area contributed by atoms with Crippen molar-refractivity contribution >= 4 is 11.6 Å². The maximum Gasteiger partial charge on any atom is 0.239 e. The molecule has 0 saturated heterocycles. The minimum absolute atomic E-state index is 0.0862. The number of likely N-dealkylation sites (N-methyl/N-ethyl adjacent to an activating group) is 2. The van der Waals surface area contributed by atoms with Crippen molar-refractivity contribution in [1.82, 2.24) is 5.32 Å². The third kappa shape index (κ3) is 3.13. The van der Waals surface area contributed by atoms with E-state index in [1.54, 1.807) is 39.1 Å². The van der Waals surface area contributed by atoms with Crippen LogP contribution in [0.25, 0.3) is 0 Å². The summed E-state index contributed by atoms with van der Waals surface area (Å²) in [5.41, 5.74) is 1.47. The molecule has 5 nitrogen and oxygen atoms in total. The number of amides is 1. The van der Waals surface area contributed by atoms with Crippen LogP contribution in [0.3, 0.4) is 0 Å². The average Bonchev–Trinajstić information content (AvgIpc) is 2.37. The standard InChI is InChI=1S/C13H20N2O3/c1-9(16)13-10(6-5-7-11(13)18-4)15(3)8-12(17)14-2/h5-7,9,16H,8H2,1-4H3,(H,14,17)/t9-/m0/s1. The summed E-state index contributed by atoms with van der Waals surface area (Å²) in [6, 6.07) is 5.48. The predicted molar refractivity (Wildman–Crippen MR) is 71.0 cm³/mol. The molecule has 0 heterocycles. The smallest absolute Gasteiger partial charge is 0.239 e. The summed E-state index contributed by atoms with van der Waals surface area (Å²) in [4.78, 5) is 13.2. The van der Waals surface area contributed by atoms with Gasteiger partial charge in [0.05, 0.1) is 19.8 Å². The molecular weight excluding hydrogens is 232 g/mol. The number of aliphatic hydroxyl groups excluding tert-OH is 1. The Morgan fingerprint density at radius 1 is 1.56 bits per heavy atom. The van der Waals surface area contributed by atoms with Crippen molar-refractivity contribution in [2.24, 2.45) is 0 Å². The van der Waals surface area contributed by atoms with Crippen LogP contribution in [0.2, 0.25) is 0 Å². The number of anilines is 1. The third-order valence-corrected chi connectivity index (χ3v) is 2.75. The van der Waals surface area contributed by atoms with Crippen molar-refractivity contribution in [3.8, 4) is 5.75 Å². The van der Waals surface area contributed by atoms with Gasteiger partial charge in [0, 0.05) is 25.3 Å². The lowest BCUT2D eigenvalue weighted by molar-refractivity contribution is -0.119. The maximum atomic E-state index is 11.4. The van der Waals surface area contributed by atoms with Crippen LogP contribution in [0.4, 0.5) is 5.69 Å².